The fourth-order valence-electron chi connectivity index (χ4n) is 1.63. The van der Waals surface area contributed by atoms with Gasteiger partial charge in [-0.2, -0.15) is 0 Å². The number of rotatable bonds is 3. The zero-order valence-corrected chi connectivity index (χ0v) is 13.1. The fraction of sp³-hybridized carbons (Fsp3) is 0.0833. The number of nitrogens with one attached hydrogen (secondary N) is 2. The number of aromatic amines is 1. The van der Waals surface area contributed by atoms with Crippen LogP contribution in [0.5, 0.6) is 0 Å². The number of carbonyl (C=O) groups is 1. The number of sulfonamides is 1. The second-order valence-corrected chi connectivity index (χ2v) is 6.67. The van der Waals surface area contributed by atoms with E-state index in [1.165, 1.54) is 18.2 Å². The molecular formula is C12H11Cl2N3O3S. The first-order chi connectivity index (χ1) is 9.68. The largest absolute Gasteiger partial charge is 0.340 e. The lowest BCUT2D eigenvalue weighted by Gasteiger charge is -2.09. The van der Waals surface area contributed by atoms with E-state index in [0.29, 0.717) is 11.3 Å². The molecule has 0 aliphatic rings. The Balaban J connectivity index is 2.33. The van der Waals surface area contributed by atoms with E-state index in [4.69, 9.17) is 28.3 Å². The fourth-order valence-corrected chi connectivity index (χ4v) is 2.48. The van der Waals surface area contributed by atoms with E-state index in [1.54, 1.807) is 13.0 Å². The minimum absolute atomic E-state index is 0.0917. The van der Waals surface area contributed by atoms with Crippen LogP contribution < -0.4 is 10.5 Å². The minimum Gasteiger partial charge on any atom is -0.340 e. The highest BCUT2D eigenvalue weighted by atomic mass is 35.5. The van der Waals surface area contributed by atoms with Crippen LogP contribution >= 0.6 is 23.2 Å². The number of benzene rings is 1. The van der Waals surface area contributed by atoms with Gasteiger partial charge >= 0.3 is 0 Å². The van der Waals surface area contributed by atoms with Crippen molar-refractivity contribution in [1.82, 2.24) is 4.98 Å². The Bertz CT molecular complexity index is 796. The van der Waals surface area contributed by atoms with Gasteiger partial charge in [-0.25, -0.2) is 13.6 Å². The van der Waals surface area contributed by atoms with Gasteiger partial charge in [-0.05, 0) is 30.7 Å². The van der Waals surface area contributed by atoms with Gasteiger partial charge in [0.2, 0.25) is 10.0 Å². The molecule has 1 aromatic heterocycles. The molecule has 0 saturated heterocycles. The molecule has 0 aliphatic carbocycles. The highest BCUT2D eigenvalue weighted by Crippen LogP contribution is 2.24. The summed E-state index contributed by atoms with van der Waals surface area (Å²) in [6, 6.07) is 5.57. The third-order valence-electron chi connectivity index (χ3n) is 2.76. The standard InChI is InChI=1S/C12H11Cl2N3O3S/c1-6-2-3-7(21(15,19)20)4-9(6)17-12(18)10-5-8(13)11(14)16-10/h2-5,16H,1H3,(H,17,18)(H2,15,19,20). The second-order valence-electron chi connectivity index (χ2n) is 4.32. The van der Waals surface area contributed by atoms with Crippen molar-refractivity contribution < 1.29 is 13.2 Å². The molecule has 0 atom stereocenters. The van der Waals surface area contributed by atoms with Gasteiger partial charge in [-0.1, -0.05) is 29.3 Å². The van der Waals surface area contributed by atoms with Crippen LogP contribution in [0.15, 0.2) is 29.2 Å². The van der Waals surface area contributed by atoms with Crippen molar-refractivity contribution in [3.8, 4) is 0 Å². The summed E-state index contributed by atoms with van der Waals surface area (Å²) in [4.78, 5) is 14.6. The van der Waals surface area contributed by atoms with E-state index in [-0.39, 0.29) is 20.8 Å². The summed E-state index contributed by atoms with van der Waals surface area (Å²) < 4.78 is 22.6. The normalized spacial score (nSPS) is 11.4. The molecule has 1 heterocycles. The molecule has 21 heavy (non-hydrogen) atoms. The molecule has 4 N–H and O–H groups in total. The number of aryl methyl sites for hydroxylation is 1. The number of nitrogens with two attached hydrogens (primary N) is 1. The van der Waals surface area contributed by atoms with Crippen LogP contribution in [0.2, 0.25) is 10.2 Å². The summed E-state index contributed by atoms with van der Waals surface area (Å²) in [5.74, 6) is -0.501. The average molecular weight is 348 g/mol. The molecule has 0 saturated carbocycles. The number of H-pyrrole nitrogens is 1. The third-order valence-corrected chi connectivity index (χ3v) is 4.36. The molecule has 0 fully saturated rings. The van der Waals surface area contributed by atoms with Gasteiger partial charge in [-0.15, -0.1) is 0 Å². The van der Waals surface area contributed by atoms with E-state index in [2.05, 4.69) is 10.3 Å². The summed E-state index contributed by atoms with van der Waals surface area (Å²) in [6.07, 6.45) is 0. The first-order valence-electron chi connectivity index (χ1n) is 5.67. The summed E-state index contributed by atoms with van der Waals surface area (Å²) in [5.41, 5.74) is 1.17. The first-order valence-corrected chi connectivity index (χ1v) is 7.97. The topological polar surface area (TPSA) is 105 Å². The number of amides is 1. The van der Waals surface area contributed by atoms with Gasteiger partial charge < -0.3 is 10.3 Å². The highest BCUT2D eigenvalue weighted by Gasteiger charge is 2.15. The molecule has 0 radical (unpaired) electrons. The maximum Gasteiger partial charge on any atom is 0.272 e. The highest BCUT2D eigenvalue weighted by molar-refractivity contribution is 7.89. The maximum absolute atomic E-state index is 12.1. The number of halogens is 2. The molecule has 2 rings (SSSR count). The molecule has 0 spiro atoms. The Kier molecular flexibility index (Phi) is 4.29. The minimum atomic E-state index is -3.85. The molecule has 6 nitrogen and oxygen atoms in total. The number of hydrogen-bond donors (Lipinski definition) is 3. The van der Waals surface area contributed by atoms with Crippen molar-refractivity contribution in [3.63, 3.8) is 0 Å². The Morgan fingerprint density at radius 2 is 1.95 bits per heavy atom. The zero-order chi connectivity index (χ0) is 15.8. The molecular weight excluding hydrogens is 337 g/mol. The van der Waals surface area contributed by atoms with Crippen LogP contribution in [0.1, 0.15) is 16.1 Å². The molecule has 0 aliphatic heterocycles. The number of primary sulfonamides is 1. The van der Waals surface area contributed by atoms with E-state index in [9.17, 15) is 13.2 Å². The Morgan fingerprint density at radius 1 is 1.29 bits per heavy atom. The van der Waals surface area contributed by atoms with Crippen molar-refractivity contribution in [2.24, 2.45) is 5.14 Å². The average Bonchev–Trinajstić information content (AvgIpc) is 2.71. The molecule has 0 unspecified atom stereocenters. The Hall–Kier alpha value is -1.54. The van der Waals surface area contributed by atoms with Crippen LogP contribution in [-0.4, -0.2) is 19.3 Å². The van der Waals surface area contributed by atoms with E-state index >= 15 is 0 Å². The summed E-state index contributed by atoms with van der Waals surface area (Å²) in [6.45, 7) is 1.72. The van der Waals surface area contributed by atoms with Crippen LogP contribution in [0, 0.1) is 6.92 Å². The quantitative estimate of drug-likeness (QED) is 0.794. The lowest BCUT2D eigenvalue weighted by molar-refractivity contribution is 0.102. The molecule has 1 amide bonds. The third kappa shape index (κ3) is 3.56. The van der Waals surface area contributed by atoms with Crippen molar-refractivity contribution in [1.29, 1.82) is 0 Å². The number of aromatic nitrogens is 1. The van der Waals surface area contributed by atoms with Gasteiger partial charge in [0.05, 0.1) is 9.92 Å². The smallest absolute Gasteiger partial charge is 0.272 e. The van der Waals surface area contributed by atoms with E-state index in [1.807, 2.05) is 0 Å². The molecule has 0 bridgehead atoms. The maximum atomic E-state index is 12.1. The molecule has 1 aromatic carbocycles. The van der Waals surface area contributed by atoms with Gasteiger partial charge in [0.15, 0.2) is 0 Å². The van der Waals surface area contributed by atoms with E-state index in [0.717, 1.165) is 0 Å². The number of anilines is 1. The monoisotopic (exact) mass is 347 g/mol. The predicted molar refractivity (Wildman–Crippen MR) is 81.3 cm³/mol. The van der Waals surface area contributed by atoms with Crippen LogP contribution in [0.25, 0.3) is 0 Å². The van der Waals surface area contributed by atoms with Crippen LogP contribution in [0.3, 0.4) is 0 Å². The molecule has 2 aromatic rings. The van der Waals surface area contributed by atoms with Crippen molar-refractivity contribution in [2.75, 3.05) is 5.32 Å². The van der Waals surface area contributed by atoms with Gasteiger partial charge in [0.25, 0.3) is 5.91 Å². The SMILES string of the molecule is Cc1ccc(S(N)(=O)=O)cc1NC(=O)c1cc(Cl)c(Cl)[nH]1. The van der Waals surface area contributed by atoms with E-state index < -0.39 is 15.9 Å². The second kappa shape index (κ2) is 5.69. The lowest BCUT2D eigenvalue weighted by Crippen LogP contribution is -2.16. The summed E-state index contributed by atoms with van der Waals surface area (Å²) in [5, 5.41) is 8.00. The lowest BCUT2D eigenvalue weighted by atomic mass is 10.2. The predicted octanol–water partition coefficient (Wildman–Crippen LogP) is 2.53. The van der Waals surface area contributed by atoms with Gasteiger partial charge in [0.1, 0.15) is 10.8 Å². The van der Waals surface area contributed by atoms with Crippen molar-refractivity contribution in [3.05, 3.63) is 45.7 Å². The van der Waals surface area contributed by atoms with Crippen LogP contribution in [-0.2, 0) is 10.0 Å². The van der Waals surface area contributed by atoms with Crippen molar-refractivity contribution >= 4 is 44.8 Å². The summed E-state index contributed by atoms with van der Waals surface area (Å²) >= 11 is 11.5. The Labute approximate surface area is 131 Å². The number of carbonyl (C=O) groups excluding carboxylic acids is 1. The van der Waals surface area contributed by atoms with Gasteiger partial charge in [0, 0.05) is 5.69 Å². The molecule has 9 heteroatoms. The first kappa shape index (κ1) is 15.8. The van der Waals surface area contributed by atoms with Gasteiger partial charge in [-0.3, -0.25) is 4.79 Å². The van der Waals surface area contributed by atoms with Crippen molar-refractivity contribution in [2.45, 2.75) is 11.8 Å². The Morgan fingerprint density at radius 3 is 2.48 bits per heavy atom. The molecule has 112 valence electrons. The zero-order valence-electron chi connectivity index (χ0n) is 10.8. The summed E-state index contributed by atoms with van der Waals surface area (Å²) in [7, 11) is -3.85. The van der Waals surface area contributed by atoms with Crippen LogP contribution in [0.4, 0.5) is 5.69 Å². The number of hydrogen-bond acceptors (Lipinski definition) is 3.